The molecule has 2 aromatic carbocycles. The van der Waals surface area contributed by atoms with E-state index in [4.69, 9.17) is 22.8 Å². The highest BCUT2D eigenvalue weighted by molar-refractivity contribution is 6.60. The van der Waals surface area contributed by atoms with Gasteiger partial charge in [0.15, 0.2) is 11.5 Å². The standard InChI is InChI=1S/C28H38O8Si/c1-6-33-37(34-7-2,35-8-3)20-10-9-11-22-12-16-24(17-13-22)28(30)36-25-18-14-23(21-26(25)31-4)15-19-27(29)32-5/h12-19,21H,6-11,20H2,1-5H3/b19-15+. The van der Waals surface area contributed by atoms with E-state index in [1.807, 2.05) is 32.9 Å². The van der Waals surface area contributed by atoms with E-state index in [0.717, 1.165) is 30.9 Å². The average Bonchev–Trinajstić information content (AvgIpc) is 2.91. The van der Waals surface area contributed by atoms with Crippen LogP contribution in [0.5, 0.6) is 11.5 Å². The molecule has 0 heterocycles. The number of methoxy groups -OCH3 is 2. The minimum Gasteiger partial charge on any atom is -0.493 e. The SMILES string of the molecule is CCO[Si](CCCCc1ccc(C(=O)Oc2ccc(/C=C/C(=O)OC)cc2OC)cc1)(OCC)OCC. The molecule has 0 amide bonds. The van der Waals surface area contributed by atoms with E-state index in [9.17, 15) is 9.59 Å². The van der Waals surface area contributed by atoms with Crippen molar-refractivity contribution in [1.29, 1.82) is 0 Å². The van der Waals surface area contributed by atoms with Gasteiger partial charge in [-0.3, -0.25) is 0 Å². The fourth-order valence-corrected chi connectivity index (χ4v) is 6.43. The van der Waals surface area contributed by atoms with Gasteiger partial charge >= 0.3 is 20.7 Å². The van der Waals surface area contributed by atoms with Crippen molar-refractivity contribution in [2.45, 2.75) is 46.1 Å². The van der Waals surface area contributed by atoms with Crippen molar-refractivity contribution in [3.05, 3.63) is 65.2 Å². The third kappa shape index (κ3) is 9.77. The fourth-order valence-electron chi connectivity index (χ4n) is 3.74. The molecule has 2 rings (SSSR count). The molecule has 0 unspecified atom stereocenters. The van der Waals surface area contributed by atoms with E-state index in [0.29, 0.717) is 36.7 Å². The predicted octanol–water partition coefficient (Wildman–Crippen LogP) is 5.47. The zero-order valence-corrected chi connectivity index (χ0v) is 23.4. The molecular formula is C28H38O8Si. The average molecular weight is 531 g/mol. The van der Waals surface area contributed by atoms with Gasteiger partial charge in [0.25, 0.3) is 0 Å². The van der Waals surface area contributed by atoms with Crippen LogP contribution in [0, 0.1) is 0 Å². The lowest BCUT2D eigenvalue weighted by molar-refractivity contribution is -0.134. The van der Waals surface area contributed by atoms with Crippen LogP contribution in [0.15, 0.2) is 48.5 Å². The van der Waals surface area contributed by atoms with Crippen LogP contribution in [-0.4, -0.2) is 54.8 Å². The van der Waals surface area contributed by atoms with Crippen molar-refractivity contribution in [2.75, 3.05) is 34.0 Å². The van der Waals surface area contributed by atoms with Crippen molar-refractivity contribution >= 4 is 26.8 Å². The fraction of sp³-hybridized carbons (Fsp3) is 0.429. The zero-order valence-electron chi connectivity index (χ0n) is 22.4. The Morgan fingerprint density at radius 2 is 1.49 bits per heavy atom. The number of ether oxygens (including phenoxy) is 3. The second-order valence-electron chi connectivity index (χ2n) is 8.04. The summed E-state index contributed by atoms with van der Waals surface area (Å²) in [6.45, 7) is 7.61. The molecule has 0 aliphatic carbocycles. The van der Waals surface area contributed by atoms with E-state index < -0.39 is 20.7 Å². The van der Waals surface area contributed by atoms with E-state index in [1.165, 1.54) is 20.3 Å². The molecule has 37 heavy (non-hydrogen) atoms. The molecular weight excluding hydrogens is 492 g/mol. The number of aryl methyl sites for hydroxylation is 1. The second kappa shape index (κ2) is 16.0. The Hall–Kier alpha value is -2.98. The third-order valence-corrected chi connectivity index (χ3v) is 8.64. The van der Waals surface area contributed by atoms with E-state index in [-0.39, 0.29) is 5.75 Å². The van der Waals surface area contributed by atoms with Gasteiger partial charge in [-0.1, -0.05) is 18.2 Å². The zero-order chi connectivity index (χ0) is 27.1. The number of benzene rings is 2. The number of hydrogen-bond acceptors (Lipinski definition) is 8. The highest BCUT2D eigenvalue weighted by atomic mass is 28.4. The summed E-state index contributed by atoms with van der Waals surface area (Å²) in [5.41, 5.74) is 2.28. The molecule has 0 fully saturated rings. The van der Waals surface area contributed by atoms with Crippen molar-refractivity contribution in [3.8, 4) is 11.5 Å². The van der Waals surface area contributed by atoms with Gasteiger partial charge in [0.2, 0.25) is 0 Å². The molecule has 0 N–H and O–H groups in total. The lowest BCUT2D eigenvalue weighted by atomic mass is 10.1. The van der Waals surface area contributed by atoms with Crippen LogP contribution in [0.1, 0.15) is 55.1 Å². The monoisotopic (exact) mass is 530 g/mol. The van der Waals surface area contributed by atoms with Crippen LogP contribution in [-0.2, 0) is 29.2 Å². The van der Waals surface area contributed by atoms with Gasteiger partial charge in [-0.15, -0.1) is 0 Å². The first kappa shape index (κ1) is 30.2. The normalized spacial score (nSPS) is 11.5. The number of rotatable bonds is 16. The molecule has 0 aliphatic rings. The molecule has 0 bridgehead atoms. The van der Waals surface area contributed by atoms with Crippen molar-refractivity contribution < 1.29 is 37.1 Å². The first-order valence-corrected chi connectivity index (χ1v) is 14.5. The van der Waals surface area contributed by atoms with Crippen molar-refractivity contribution in [2.24, 2.45) is 0 Å². The highest BCUT2D eigenvalue weighted by Gasteiger charge is 2.39. The van der Waals surface area contributed by atoms with Crippen molar-refractivity contribution in [3.63, 3.8) is 0 Å². The molecule has 0 spiro atoms. The highest BCUT2D eigenvalue weighted by Crippen LogP contribution is 2.29. The summed E-state index contributed by atoms with van der Waals surface area (Å²) in [4.78, 5) is 24.0. The Balaban J connectivity index is 1.94. The largest absolute Gasteiger partial charge is 0.500 e. The summed E-state index contributed by atoms with van der Waals surface area (Å²) in [5, 5.41) is 0. The van der Waals surface area contributed by atoms with Crippen LogP contribution in [0.25, 0.3) is 6.08 Å². The Kier molecular flexibility index (Phi) is 13.1. The molecule has 8 nitrogen and oxygen atoms in total. The molecule has 0 saturated carbocycles. The van der Waals surface area contributed by atoms with Crippen LogP contribution in [0.2, 0.25) is 6.04 Å². The minimum atomic E-state index is -2.61. The topological polar surface area (TPSA) is 89.5 Å². The van der Waals surface area contributed by atoms with Crippen LogP contribution in [0.4, 0.5) is 0 Å². The third-order valence-electron chi connectivity index (χ3n) is 5.48. The number of esters is 2. The predicted molar refractivity (Wildman–Crippen MR) is 144 cm³/mol. The number of carbonyl (C=O) groups excluding carboxylic acids is 2. The summed E-state index contributed by atoms with van der Waals surface area (Å²) in [6, 6.07) is 13.2. The van der Waals surface area contributed by atoms with Gasteiger partial charge in [0, 0.05) is 31.9 Å². The molecule has 2 aromatic rings. The van der Waals surface area contributed by atoms with Crippen LogP contribution >= 0.6 is 0 Å². The molecule has 0 atom stereocenters. The number of hydrogen-bond donors (Lipinski definition) is 0. The summed E-state index contributed by atoms with van der Waals surface area (Å²) in [5.74, 6) is -0.279. The molecule has 202 valence electrons. The maximum atomic E-state index is 12.7. The maximum absolute atomic E-state index is 12.7. The van der Waals surface area contributed by atoms with E-state index in [2.05, 4.69) is 4.74 Å². The summed E-state index contributed by atoms with van der Waals surface area (Å²) in [6.07, 6.45) is 5.65. The van der Waals surface area contributed by atoms with Gasteiger partial charge in [0.1, 0.15) is 0 Å². The summed E-state index contributed by atoms with van der Waals surface area (Å²) < 4.78 is 33.2. The molecule has 0 saturated heterocycles. The van der Waals surface area contributed by atoms with E-state index >= 15 is 0 Å². The van der Waals surface area contributed by atoms with E-state index in [1.54, 1.807) is 36.4 Å². The van der Waals surface area contributed by atoms with Gasteiger partial charge in [-0.25, -0.2) is 9.59 Å². The van der Waals surface area contributed by atoms with Crippen LogP contribution in [0.3, 0.4) is 0 Å². The first-order valence-electron chi connectivity index (χ1n) is 12.6. The molecule has 0 aromatic heterocycles. The Labute approximate surface area is 220 Å². The van der Waals surface area contributed by atoms with Gasteiger partial charge in [0.05, 0.1) is 19.8 Å². The number of unbranched alkanes of at least 4 members (excludes halogenated alkanes) is 1. The lowest BCUT2D eigenvalue weighted by Crippen LogP contribution is -2.45. The van der Waals surface area contributed by atoms with Crippen LogP contribution < -0.4 is 9.47 Å². The molecule has 9 heteroatoms. The lowest BCUT2D eigenvalue weighted by Gasteiger charge is -2.28. The summed E-state index contributed by atoms with van der Waals surface area (Å²) >= 11 is 0. The Morgan fingerprint density at radius 1 is 0.838 bits per heavy atom. The quantitative estimate of drug-likeness (QED) is 0.0928. The van der Waals surface area contributed by atoms with Gasteiger partial charge < -0.3 is 27.5 Å². The van der Waals surface area contributed by atoms with Crippen molar-refractivity contribution in [1.82, 2.24) is 0 Å². The Bertz CT molecular complexity index is 1000. The first-order chi connectivity index (χ1) is 17.9. The Morgan fingerprint density at radius 3 is 2.05 bits per heavy atom. The minimum absolute atomic E-state index is 0.289. The second-order valence-corrected chi connectivity index (χ2v) is 10.8. The van der Waals surface area contributed by atoms with Gasteiger partial charge in [-0.2, -0.15) is 0 Å². The molecule has 0 radical (unpaired) electrons. The maximum Gasteiger partial charge on any atom is 0.500 e. The smallest absolute Gasteiger partial charge is 0.493 e. The molecule has 0 aliphatic heterocycles. The summed E-state index contributed by atoms with van der Waals surface area (Å²) in [7, 11) is 0.181. The van der Waals surface area contributed by atoms with Gasteiger partial charge in [-0.05, 0) is 81.5 Å². The number of carbonyl (C=O) groups is 2.